The zero-order valence-corrected chi connectivity index (χ0v) is 25.3. The van der Waals surface area contributed by atoms with Crippen LogP contribution in [-0.4, -0.2) is 16.3 Å². The number of aryl methyl sites for hydroxylation is 2. The first-order chi connectivity index (χ1) is 15.0. The molecule has 3 nitrogen and oxygen atoms in total. The standard InChI is InChI=1S/C25H38INO2P2S/c1-19-12-8-10-14-22(19)28-30-21(3)16-25(7,17-24(4,5)6)18-27(32-26)31-29-23-15-11-9-13-20(23)2/h8-15,21,30-31H,16-18H2,1-7H3. The lowest BCUT2D eigenvalue weighted by molar-refractivity contribution is 0.165. The lowest BCUT2D eigenvalue weighted by Gasteiger charge is -2.40. The van der Waals surface area contributed by atoms with Crippen LogP contribution in [0.1, 0.15) is 58.6 Å². The molecule has 2 aromatic rings. The Balaban J connectivity index is 2.03. The number of hydrogen-bond acceptors (Lipinski definition) is 4. The Morgan fingerprint density at radius 1 is 0.938 bits per heavy atom. The largest absolute Gasteiger partial charge is 0.477 e. The van der Waals surface area contributed by atoms with Crippen LogP contribution in [-0.2, 0) is 0 Å². The van der Waals surface area contributed by atoms with E-state index in [2.05, 4.69) is 110 Å². The second-order valence-electron chi connectivity index (χ2n) is 10.2. The van der Waals surface area contributed by atoms with Crippen LogP contribution >= 0.6 is 48.1 Å². The van der Waals surface area contributed by atoms with Gasteiger partial charge in [0.25, 0.3) is 0 Å². The van der Waals surface area contributed by atoms with Crippen molar-refractivity contribution in [1.29, 1.82) is 0 Å². The molecule has 0 saturated heterocycles. The molecule has 0 heterocycles. The first-order valence-corrected chi connectivity index (χ1v) is 16.2. The summed E-state index contributed by atoms with van der Waals surface area (Å²) in [6.07, 6.45) is 2.28. The molecule has 0 fully saturated rings. The normalized spacial score (nSPS) is 15.5. The molecule has 7 heteroatoms. The van der Waals surface area contributed by atoms with Crippen molar-refractivity contribution in [3.8, 4) is 11.5 Å². The Kier molecular flexibility index (Phi) is 11.6. The average molecular weight is 606 g/mol. The van der Waals surface area contributed by atoms with Crippen molar-refractivity contribution in [2.75, 3.05) is 6.54 Å². The highest BCUT2D eigenvalue weighted by atomic mass is 127. The third-order valence-corrected chi connectivity index (χ3v) is 10.1. The van der Waals surface area contributed by atoms with E-state index in [4.69, 9.17) is 9.05 Å². The Bertz CT molecular complexity index is 849. The van der Waals surface area contributed by atoms with Gasteiger partial charge in [0.05, 0.1) is 8.81 Å². The fourth-order valence-corrected chi connectivity index (χ4v) is 8.01. The summed E-state index contributed by atoms with van der Waals surface area (Å²) >= 11 is 2.39. The van der Waals surface area contributed by atoms with Crippen LogP contribution in [0, 0.1) is 24.7 Å². The SMILES string of the molecule is Cc1ccccc1OPC(C)CC(C)(CN(POc1ccccc1C)SI)CC(C)(C)C. The Labute approximate surface area is 215 Å². The van der Waals surface area contributed by atoms with Crippen LogP contribution in [0.25, 0.3) is 0 Å². The van der Waals surface area contributed by atoms with Gasteiger partial charge in [-0.2, -0.15) is 4.08 Å². The molecule has 4 unspecified atom stereocenters. The van der Waals surface area contributed by atoms with Gasteiger partial charge in [-0.25, -0.2) is 0 Å². The van der Waals surface area contributed by atoms with Gasteiger partial charge >= 0.3 is 0 Å². The van der Waals surface area contributed by atoms with Crippen LogP contribution in [0.2, 0.25) is 0 Å². The summed E-state index contributed by atoms with van der Waals surface area (Å²) in [5.41, 5.74) is 3.30. The van der Waals surface area contributed by atoms with E-state index in [1.54, 1.807) is 9.12 Å². The number of halogens is 1. The van der Waals surface area contributed by atoms with Crippen molar-refractivity contribution in [3.05, 3.63) is 59.7 Å². The summed E-state index contributed by atoms with van der Waals surface area (Å²) in [6.45, 7) is 17.0. The number of benzene rings is 2. The molecule has 0 aliphatic rings. The van der Waals surface area contributed by atoms with E-state index in [1.165, 1.54) is 11.1 Å². The Morgan fingerprint density at radius 3 is 1.97 bits per heavy atom. The first-order valence-electron chi connectivity index (χ1n) is 11.0. The highest BCUT2D eigenvalue weighted by molar-refractivity contribution is 14.2. The molecule has 0 aliphatic carbocycles. The Morgan fingerprint density at radius 2 is 1.47 bits per heavy atom. The minimum absolute atomic E-state index is 0.167. The van der Waals surface area contributed by atoms with Gasteiger partial charge in [-0.15, -0.1) is 0 Å². The second kappa shape index (κ2) is 13.1. The van der Waals surface area contributed by atoms with Crippen LogP contribution in [0.4, 0.5) is 0 Å². The summed E-state index contributed by atoms with van der Waals surface area (Å²) in [5, 5.41) is 0. The quantitative estimate of drug-likeness (QED) is 0.137. The monoisotopic (exact) mass is 605 g/mol. The van der Waals surface area contributed by atoms with Crippen LogP contribution in [0.3, 0.4) is 0 Å². The Hall–Kier alpha value is -0.0600. The maximum atomic E-state index is 6.21. The highest BCUT2D eigenvalue weighted by Gasteiger charge is 2.34. The number of nitrogens with zero attached hydrogens (tertiary/aromatic N) is 1. The molecule has 0 aromatic heterocycles. The molecule has 32 heavy (non-hydrogen) atoms. The van der Waals surface area contributed by atoms with Crippen LogP contribution < -0.4 is 9.05 Å². The summed E-state index contributed by atoms with van der Waals surface area (Å²) in [6, 6.07) is 16.5. The molecule has 0 saturated carbocycles. The fourth-order valence-electron chi connectivity index (χ4n) is 4.28. The average Bonchev–Trinajstić information content (AvgIpc) is 2.70. The number of para-hydroxylation sites is 2. The molecule has 178 valence electrons. The van der Waals surface area contributed by atoms with Gasteiger partial charge < -0.3 is 9.05 Å². The van der Waals surface area contributed by atoms with E-state index in [1.807, 2.05) is 12.1 Å². The molecule has 4 atom stereocenters. The lowest BCUT2D eigenvalue weighted by Crippen LogP contribution is -2.34. The molecular formula is C25H38INO2P2S. The van der Waals surface area contributed by atoms with Crippen molar-refractivity contribution in [2.24, 2.45) is 10.8 Å². The van der Waals surface area contributed by atoms with Gasteiger partial charge in [-0.1, -0.05) is 71.0 Å². The smallest absolute Gasteiger partial charge is 0.160 e. The van der Waals surface area contributed by atoms with E-state index in [0.717, 1.165) is 30.9 Å². The predicted molar refractivity (Wildman–Crippen MR) is 155 cm³/mol. The third-order valence-electron chi connectivity index (χ3n) is 5.18. The summed E-state index contributed by atoms with van der Waals surface area (Å²) in [5.74, 6) is 1.98. The zero-order valence-electron chi connectivity index (χ0n) is 20.4. The zero-order chi connectivity index (χ0) is 23.8. The van der Waals surface area contributed by atoms with E-state index < -0.39 is 0 Å². The van der Waals surface area contributed by atoms with Gasteiger partial charge in [0, 0.05) is 42.5 Å². The van der Waals surface area contributed by atoms with Crippen LogP contribution in [0.5, 0.6) is 11.5 Å². The molecule has 0 aliphatic heterocycles. The highest BCUT2D eigenvalue weighted by Crippen LogP contribution is 2.46. The maximum Gasteiger partial charge on any atom is 0.160 e. The van der Waals surface area contributed by atoms with Crippen molar-refractivity contribution in [2.45, 2.75) is 67.0 Å². The first kappa shape index (κ1) is 28.2. The van der Waals surface area contributed by atoms with Gasteiger partial charge in [0.2, 0.25) is 0 Å². The molecular weight excluding hydrogens is 567 g/mol. The second-order valence-corrected chi connectivity index (χ2v) is 14.6. The van der Waals surface area contributed by atoms with Crippen LogP contribution in [0.15, 0.2) is 48.5 Å². The maximum absolute atomic E-state index is 6.21. The van der Waals surface area contributed by atoms with E-state index in [0.29, 0.717) is 23.4 Å². The minimum Gasteiger partial charge on any atom is -0.477 e. The van der Waals surface area contributed by atoms with Crippen molar-refractivity contribution in [3.63, 3.8) is 0 Å². The summed E-state index contributed by atoms with van der Waals surface area (Å²) < 4.78 is 14.8. The van der Waals surface area contributed by atoms with E-state index in [9.17, 15) is 0 Å². The van der Waals surface area contributed by atoms with E-state index in [-0.39, 0.29) is 10.8 Å². The van der Waals surface area contributed by atoms with Gasteiger partial charge in [-0.05, 0) is 60.8 Å². The lowest BCUT2D eigenvalue weighted by atomic mass is 9.72. The van der Waals surface area contributed by atoms with Crippen molar-refractivity contribution >= 4 is 48.1 Å². The van der Waals surface area contributed by atoms with Gasteiger partial charge in [0.1, 0.15) is 11.5 Å². The van der Waals surface area contributed by atoms with Gasteiger partial charge in [-0.3, -0.25) is 0 Å². The predicted octanol–water partition coefficient (Wildman–Crippen LogP) is 9.38. The van der Waals surface area contributed by atoms with Gasteiger partial charge in [0.15, 0.2) is 8.96 Å². The molecule has 0 amide bonds. The van der Waals surface area contributed by atoms with Crippen molar-refractivity contribution in [1.82, 2.24) is 4.08 Å². The number of rotatable bonds is 12. The number of hydrogen-bond donors (Lipinski definition) is 0. The topological polar surface area (TPSA) is 21.7 Å². The molecule has 2 rings (SSSR count). The third kappa shape index (κ3) is 10.1. The van der Waals surface area contributed by atoms with E-state index >= 15 is 0 Å². The fraction of sp³-hybridized carbons (Fsp3) is 0.520. The summed E-state index contributed by atoms with van der Waals surface area (Å²) in [7, 11) is 2.50. The minimum atomic E-state index is 0.167. The molecule has 0 radical (unpaired) electrons. The van der Waals surface area contributed by atoms with Crippen molar-refractivity contribution < 1.29 is 9.05 Å². The molecule has 2 aromatic carbocycles. The molecule has 0 bridgehead atoms. The molecule has 0 N–H and O–H groups in total. The molecule has 0 spiro atoms. The summed E-state index contributed by atoms with van der Waals surface area (Å²) in [4.78, 5) is 0.